The van der Waals surface area contributed by atoms with Gasteiger partial charge in [-0.25, -0.2) is 4.98 Å². The molecule has 0 unspecified atom stereocenters. The monoisotopic (exact) mass is 377 g/mol. The average Bonchev–Trinajstić information content (AvgIpc) is 3.42. The maximum atomic E-state index is 12.2. The Bertz CT molecular complexity index is 902. The van der Waals surface area contributed by atoms with Gasteiger partial charge in [-0.05, 0) is 36.6 Å². The molecule has 1 N–H and O–H groups in total. The van der Waals surface area contributed by atoms with Gasteiger partial charge in [0.15, 0.2) is 0 Å². The number of tetrazole rings is 1. The van der Waals surface area contributed by atoms with Gasteiger partial charge in [0.1, 0.15) is 5.82 Å². The summed E-state index contributed by atoms with van der Waals surface area (Å²) in [6.45, 7) is 2.65. The van der Waals surface area contributed by atoms with Crippen LogP contribution in [0.4, 0.5) is 11.5 Å². The predicted octanol–water partition coefficient (Wildman–Crippen LogP) is 2.75. The number of anilines is 2. The molecule has 3 heterocycles. The lowest BCUT2D eigenvalue weighted by Crippen LogP contribution is -2.19. The van der Waals surface area contributed by atoms with Crippen LogP contribution in [0, 0.1) is 0 Å². The topological polar surface area (TPSA) is 88.8 Å². The number of carbonyl (C=O) groups is 1. The van der Waals surface area contributed by atoms with Crippen molar-refractivity contribution in [3.63, 3.8) is 0 Å². The molecule has 1 fully saturated rings. The third-order valence-electron chi connectivity index (χ3n) is 4.71. The summed E-state index contributed by atoms with van der Waals surface area (Å²) >= 11 is 0. The first-order chi connectivity index (χ1) is 13.8. The summed E-state index contributed by atoms with van der Waals surface area (Å²) < 4.78 is 0. The van der Waals surface area contributed by atoms with E-state index in [1.54, 1.807) is 6.20 Å². The minimum absolute atomic E-state index is 0.0425. The first-order valence-electron chi connectivity index (χ1n) is 9.62. The van der Waals surface area contributed by atoms with Crippen LogP contribution in [-0.4, -0.2) is 44.2 Å². The number of hydrogen-bond acceptors (Lipinski definition) is 6. The average molecular weight is 377 g/mol. The Morgan fingerprint density at radius 2 is 1.89 bits per heavy atom. The molecule has 1 aromatic carbocycles. The van der Waals surface area contributed by atoms with Crippen LogP contribution in [0.5, 0.6) is 0 Å². The summed E-state index contributed by atoms with van der Waals surface area (Å²) in [6, 6.07) is 13.6. The Balaban J connectivity index is 1.23. The van der Waals surface area contributed by atoms with Crippen LogP contribution in [-0.2, 0) is 11.3 Å². The van der Waals surface area contributed by atoms with Crippen molar-refractivity contribution in [1.82, 2.24) is 25.2 Å². The van der Waals surface area contributed by atoms with Crippen molar-refractivity contribution in [1.29, 1.82) is 0 Å². The summed E-state index contributed by atoms with van der Waals surface area (Å²) in [5.41, 5.74) is 1.65. The minimum atomic E-state index is -0.0425. The molecule has 3 aromatic rings. The molecule has 0 radical (unpaired) electrons. The van der Waals surface area contributed by atoms with Crippen LogP contribution in [0.1, 0.15) is 25.7 Å². The first kappa shape index (κ1) is 18.1. The van der Waals surface area contributed by atoms with Crippen molar-refractivity contribution >= 4 is 17.4 Å². The minimum Gasteiger partial charge on any atom is -0.357 e. The number of amides is 1. The Morgan fingerprint density at radius 1 is 1.07 bits per heavy atom. The van der Waals surface area contributed by atoms with Crippen LogP contribution in [0.2, 0.25) is 0 Å². The summed E-state index contributed by atoms with van der Waals surface area (Å²) in [4.78, 5) is 20.4. The van der Waals surface area contributed by atoms with Gasteiger partial charge in [0, 0.05) is 25.1 Å². The van der Waals surface area contributed by atoms with Crippen LogP contribution in [0.3, 0.4) is 0 Å². The highest BCUT2D eigenvalue weighted by atomic mass is 16.1. The smallest absolute Gasteiger partial charge is 0.224 e. The second kappa shape index (κ2) is 8.60. The van der Waals surface area contributed by atoms with Gasteiger partial charge in [-0.2, -0.15) is 4.80 Å². The maximum Gasteiger partial charge on any atom is 0.224 e. The molecule has 1 amide bonds. The van der Waals surface area contributed by atoms with E-state index >= 15 is 0 Å². The van der Waals surface area contributed by atoms with Gasteiger partial charge in [0.05, 0.1) is 18.4 Å². The van der Waals surface area contributed by atoms with Crippen LogP contribution >= 0.6 is 0 Å². The Labute approximate surface area is 163 Å². The number of aryl methyl sites for hydroxylation is 1. The number of nitrogens with zero attached hydrogens (tertiary/aromatic N) is 6. The standard InChI is InChI=1S/C20H23N7O/c28-19(22-17-10-11-18(21-15-17)26-12-4-5-13-26)9-6-14-27-24-20(23-25-27)16-7-2-1-3-8-16/h1-3,7-8,10-11,15H,4-6,9,12-14H2,(H,22,28). The maximum absolute atomic E-state index is 12.2. The van der Waals surface area contributed by atoms with Crippen molar-refractivity contribution in [2.45, 2.75) is 32.2 Å². The molecular weight excluding hydrogens is 354 g/mol. The van der Waals surface area contributed by atoms with Crippen molar-refractivity contribution in [2.24, 2.45) is 0 Å². The normalized spacial score (nSPS) is 13.6. The quantitative estimate of drug-likeness (QED) is 0.681. The number of aromatic nitrogens is 5. The van der Waals surface area contributed by atoms with Crippen LogP contribution in [0.25, 0.3) is 11.4 Å². The van der Waals surface area contributed by atoms with Gasteiger partial charge in [-0.15, -0.1) is 10.2 Å². The summed E-state index contributed by atoms with van der Waals surface area (Å²) in [5.74, 6) is 1.52. The zero-order chi connectivity index (χ0) is 19.2. The molecule has 1 aliphatic rings. The Morgan fingerprint density at radius 3 is 2.64 bits per heavy atom. The number of carbonyl (C=O) groups excluding carboxylic acids is 1. The van der Waals surface area contributed by atoms with E-state index in [4.69, 9.17) is 0 Å². The first-order valence-corrected chi connectivity index (χ1v) is 9.62. The fraction of sp³-hybridized carbons (Fsp3) is 0.350. The van der Waals surface area contributed by atoms with E-state index < -0.39 is 0 Å². The molecule has 0 spiro atoms. The second-order valence-electron chi connectivity index (χ2n) is 6.83. The lowest BCUT2D eigenvalue weighted by atomic mass is 10.2. The number of pyridine rings is 1. The highest BCUT2D eigenvalue weighted by molar-refractivity contribution is 5.90. The van der Waals surface area contributed by atoms with Crippen molar-refractivity contribution in [2.75, 3.05) is 23.3 Å². The third-order valence-corrected chi connectivity index (χ3v) is 4.71. The lowest BCUT2D eigenvalue weighted by Gasteiger charge is -2.16. The number of rotatable bonds is 7. The van der Waals surface area contributed by atoms with E-state index in [1.807, 2.05) is 42.5 Å². The van der Waals surface area contributed by atoms with Gasteiger partial charge in [-0.1, -0.05) is 30.3 Å². The van der Waals surface area contributed by atoms with Gasteiger partial charge in [0.2, 0.25) is 11.7 Å². The highest BCUT2D eigenvalue weighted by Gasteiger charge is 2.13. The van der Waals surface area contributed by atoms with E-state index in [0.29, 0.717) is 25.2 Å². The SMILES string of the molecule is O=C(CCCn1nnc(-c2ccccc2)n1)Nc1ccc(N2CCCC2)nc1. The van der Waals surface area contributed by atoms with Gasteiger partial charge in [-0.3, -0.25) is 4.79 Å². The fourth-order valence-electron chi connectivity index (χ4n) is 3.24. The molecule has 2 aromatic heterocycles. The van der Waals surface area contributed by atoms with Crippen molar-refractivity contribution in [3.05, 3.63) is 48.7 Å². The highest BCUT2D eigenvalue weighted by Crippen LogP contribution is 2.19. The zero-order valence-electron chi connectivity index (χ0n) is 15.7. The molecule has 8 nitrogen and oxygen atoms in total. The molecule has 1 aliphatic heterocycles. The zero-order valence-corrected chi connectivity index (χ0v) is 15.7. The largest absolute Gasteiger partial charge is 0.357 e. The molecular formula is C20H23N7O. The molecule has 0 saturated carbocycles. The third kappa shape index (κ3) is 4.51. The Hall–Kier alpha value is -3.29. The summed E-state index contributed by atoms with van der Waals surface area (Å²) in [6.07, 6.45) is 5.17. The van der Waals surface area contributed by atoms with E-state index in [1.165, 1.54) is 17.6 Å². The van der Waals surface area contributed by atoms with Gasteiger partial charge in [0.25, 0.3) is 0 Å². The molecule has 0 atom stereocenters. The predicted molar refractivity (Wildman–Crippen MR) is 107 cm³/mol. The van der Waals surface area contributed by atoms with Crippen molar-refractivity contribution in [3.8, 4) is 11.4 Å². The molecule has 0 bridgehead atoms. The summed E-state index contributed by atoms with van der Waals surface area (Å²) in [7, 11) is 0. The molecule has 144 valence electrons. The van der Waals surface area contributed by atoms with E-state index in [-0.39, 0.29) is 5.91 Å². The van der Waals surface area contributed by atoms with E-state index in [0.717, 1.165) is 30.2 Å². The van der Waals surface area contributed by atoms with Gasteiger partial charge < -0.3 is 10.2 Å². The van der Waals surface area contributed by atoms with Crippen molar-refractivity contribution < 1.29 is 4.79 Å². The van der Waals surface area contributed by atoms with E-state index in [2.05, 4.69) is 30.6 Å². The number of nitrogens with one attached hydrogen (secondary N) is 1. The molecule has 1 saturated heterocycles. The summed E-state index contributed by atoms with van der Waals surface area (Å²) in [5, 5.41) is 15.4. The fourth-order valence-corrected chi connectivity index (χ4v) is 3.24. The molecule has 28 heavy (non-hydrogen) atoms. The Kier molecular flexibility index (Phi) is 5.56. The van der Waals surface area contributed by atoms with E-state index in [9.17, 15) is 4.79 Å². The van der Waals surface area contributed by atoms with Crippen LogP contribution in [0.15, 0.2) is 48.7 Å². The van der Waals surface area contributed by atoms with Gasteiger partial charge >= 0.3 is 0 Å². The van der Waals surface area contributed by atoms with Crippen LogP contribution < -0.4 is 10.2 Å². The molecule has 4 rings (SSSR count). The molecule has 8 heteroatoms. The number of hydrogen-bond donors (Lipinski definition) is 1. The lowest BCUT2D eigenvalue weighted by molar-refractivity contribution is -0.116. The molecule has 0 aliphatic carbocycles. The second-order valence-corrected chi connectivity index (χ2v) is 6.83. The number of benzene rings is 1.